The van der Waals surface area contributed by atoms with Crippen molar-refractivity contribution in [1.29, 1.82) is 0 Å². The first-order valence-corrected chi connectivity index (χ1v) is 4.77. The van der Waals surface area contributed by atoms with Gasteiger partial charge in [-0.2, -0.15) is 0 Å². The van der Waals surface area contributed by atoms with E-state index in [1.165, 1.54) is 0 Å². The molecule has 3 nitrogen and oxygen atoms in total. The topological polar surface area (TPSA) is 38.3 Å². The van der Waals surface area contributed by atoms with Gasteiger partial charge in [0.15, 0.2) is 0 Å². The molecule has 1 rings (SSSR count). The quantitative estimate of drug-likeness (QED) is 0.717. The zero-order valence-electron chi connectivity index (χ0n) is 8.89. The van der Waals surface area contributed by atoms with Crippen molar-refractivity contribution in [3.8, 4) is 0 Å². The van der Waals surface area contributed by atoms with Crippen molar-refractivity contribution in [3.05, 3.63) is 0 Å². The molecule has 2 unspecified atom stereocenters. The van der Waals surface area contributed by atoms with Crippen molar-refractivity contribution in [1.82, 2.24) is 5.32 Å². The average molecular weight is 185 g/mol. The summed E-state index contributed by atoms with van der Waals surface area (Å²) in [7, 11) is 1.70. The highest BCUT2D eigenvalue weighted by Gasteiger charge is 2.41. The smallest absolute Gasteiger partial charge is 0.220 e. The van der Waals surface area contributed by atoms with Gasteiger partial charge in [0.05, 0.1) is 0 Å². The number of carbonyl (C=O) groups excluding carboxylic acids is 1. The van der Waals surface area contributed by atoms with Gasteiger partial charge >= 0.3 is 0 Å². The number of methoxy groups -OCH3 is 1. The molecule has 1 amide bonds. The molecule has 1 fully saturated rings. The lowest BCUT2D eigenvalue weighted by atomic mass is 9.80. The van der Waals surface area contributed by atoms with Crippen molar-refractivity contribution in [3.63, 3.8) is 0 Å². The van der Waals surface area contributed by atoms with E-state index in [1.54, 1.807) is 7.11 Å². The molecule has 3 heteroatoms. The highest BCUT2D eigenvalue weighted by Crippen LogP contribution is 2.33. The van der Waals surface area contributed by atoms with Gasteiger partial charge in [0, 0.05) is 25.7 Å². The van der Waals surface area contributed by atoms with E-state index in [4.69, 9.17) is 4.74 Å². The lowest BCUT2D eigenvalue weighted by molar-refractivity contribution is -0.119. The summed E-state index contributed by atoms with van der Waals surface area (Å²) in [6.07, 6.45) is 0.636. The minimum absolute atomic E-state index is 0.0744. The van der Waals surface area contributed by atoms with Gasteiger partial charge in [0.2, 0.25) is 5.91 Å². The summed E-state index contributed by atoms with van der Waals surface area (Å²) in [6.45, 7) is 7.02. The molecule has 1 saturated heterocycles. The number of ether oxygens (including phenoxy) is 1. The van der Waals surface area contributed by atoms with Gasteiger partial charge < -0.3 is 10.1 Å². The molecule has 0 spiro atoms. The Morgan fingerprint density at radius 1 is 1.69 bits per heavy atom. The third-order valence-electron chi connectivity index (χ3n) is 2.91. The Morgan fingerprint density at radius 2 is 2.31 bits per heavy atom. The fourth-order valence-corrected chi connectivity index (χ4v) is 2.25. The summed E-state index contributed by atoms with van der Waals surface area (Å²) in [5.74, 6) is 0.983. The second-order valence-corrected chi connectivity index (χ2v) is 4.51. The van der Waals surface area contributed by atoms with Crippen molar-refractivity contribution in [2.45, 2.75) is 32.7 Å². The minimum atomic E-state index is -0.0744. The monoisotopic (exact) mass is 185 g/mol. The summed E-state index contributed by atoms with van der Waals surface area (Å²) in [5, 5.41) is 2.99. The van der Waals surface area contributed by atoms with Crippen LogP contribution in [0.15, 0.2) is 0 Å². The number of hydrogen-bond acceptors (Lipinski definition) is 2. The van der Waals surface area contributed by atoms with Crippen LogP contribution >= 0.6 is 0 Å². The van der Waals surface area contributed by atoms with Gasteiger partial charge in [-0.05, 0) is 25.7 Å². The Morgan fingerprint density at radius 3 is 2.69 bits per heavy atom. The molecular formula is C10H19NO2. The summed E-state index contributed by atoms with van der Waals surface area (Å²) >= 11 is 0. The van der Waals surface area contributed by atoms with Crippen LogP contribution in [-0.4, -0.2) is 25.2 Å². The third-order valence-corrected chi connectivity index (χ3v) is 2.91. The van der Waals surface area contributed by atoms with E-state index in [0.29, 0.717) is 18.3 Å². The van der Waals surface area contributed by atoms with Gasteiger partial charge in [-0.15, -0.1) is 0 Å². The second-order valence-electron chi connectivity index (χ2n) is 4.51. The number of amides is 1. The maximum absolute atomic E-state index is 11.2. The average Bonchev–Trinajstić information content (AvgIpc) is 2.24. The fraction of sp³-hybridized carbons (Fsp3) is 0.900. The molecule has 0 aliphatic carbocycles. The van der Waals surface area contributed by atoms with E-state index in [0.717, 1.165) is 6.61 Å². The molecule has 76 valence electrons. The van der Waals surface area contributed by atoms with Gasteiger partial charge in [0.1, 0.15) is 0 Å². The summed E-state index contributed by atoms with van der Waals surface area (Å²) < 4.78 is 5.11. The SMILES string of the molecule is COCC(C)C1CC(=O)NC1(C)C. The predicted molar refractivity (Wildman–Crippen MR) is 51.4 cm³/mol. The molecule has 2 atom stereocenters. The summed E-state index contributed by atoms with van der Waals surface area (Å²) in [6, 6.07) is 0. The van der Waals surface area contributed by atoms with Gasteiger partial charge in [0.25, 0.3) is 0 Å². The molecule has 0 aromatic rings. The van der Waals surface area contributed by atoms with E-state index in [2.05, 4.69) is 26.1 Å². The standard InChI is InChI=1S/C10H19NO2/c1-7(6-13-4)8-5-9(12)11-10(8,2)3/h7-8H,5-6H2,1-4H3,(H,11,12). The van der Waals surface area contributed by atoms with Crippen molar-refractivity contribution in [2.24, 2.45) is 11.8 Å². The number of nitrogens with one attached hydrogen (secondary N) is 1. The highest BCUT2D eigenvalue weighted by atomic mass is 16.5. The van der Waals surface area contributed by atoms with Crippen LogP contribution in [0.4, 0.5) is 0 Å². The first kappa shape index (κ1) is 10.5. The van der Waals surface area contributed by atoms with E-state index >= 15 is 0 Å². The Labute approximate surface area is 79.8 Å². The Balaban J connectivity index is 2.63. The molecule has 0 radical (unpaired) electrons. The normalized spacial score (nSPS) is 28.6. The van der Waals surface area contributed by atoms with Crippen LogP contribution in [0.5, 0.6) is 0 Å². The first-order chi connectivity index (χ1) is 5.97. The van der Waals surface area contributed by atoms with Gasteiger partial charge in [-0.1, -0.05) is 6.92 Å². The van der Waals surface area contributed by atoms with Crippen molar-refractivity contribution in [2.75, 3.05) is 13.7 Å². The maximum atomic E-state index is 11.2. The van der Waals surface area contributed by atoms with E-state index in [1.807, 2.05) is 0 Å². The van der Waals surface area contributed by atoms with Crippen LogP contribution in [0.3, 0.4) is 0 Å². The second kappa shape index (κ2) is 3.66. The lowest BCUT2D eigenvalue weighted by Crippen LogP contribution is -2.42. The van der Waals surface area contributed by atoms with E-state index in [9.17, 15) is 4.79 Å². The fourth-order valence-electron chi connectivity index (χ4n) is 2.25. The molecule has 0 saturated carbocycles. The van der Waals surface area contributed by atoms with Crippen LogP contribution in [0.1, 0.15) is 27.2 Å². The van der Waals surface area contributed by atoms with Crippen LogP contribution in [0, 0.1) is 11.8 Å². The van der Waals surface area contributed by atoms with Gasteiger partial charge in [-0.3, -0.25) is 4.79 Å². The molecule has 1 heterocycles. The van der Waals surface area contributed by atoms with Crippen molar-refractivity contribution >= 4 is 5.91 Å². The number of hydrogen-bond donors (Lipinski definition) is 1. The summed E-state index contributed by atoms with van der Waals surface area (Å²) in [4.78, 5) is 11.2. The van der Waals surface area contributed by atoms with Crippen LogP contribution in [0.2, 0.25) is 0 Å². The number of rotatable bonds is 3. The zero-order valence-corrected chi connectivity index (χ0v) is 8.89. The molecule has 13 heavy (non-hydrogen) atoms. The Bertz CT molecular complexity index is 201. The van der Waals surface area contributed by atoms with Crippen LogP contribution in [0.25, 0.3) is 0 Å². The molecule has 0 aromatic heterocycles. The maximum Gasteiger partial charge on any atom is 0.220 e. The Kier molecular flexibility index (Phi) is 2.96. The number of carbonyl (C=O) groups is 1. The highest BCUT2D eigenvalue weighted by molar-refractivity contribution is 5.79. The van der Waals surface area contributed by atoms with E-state index in [-0.39, 0.29) is 11.4 Å². The van der Waals surface area contributed by atoms with Crippen molar-refractivity contribution < 1.29 is 9.53 Å². The van der Waals surface area contributed by atoms with Crippen LogP contribution < -0.4 is 5.32 Å². The van der Waals surface area contributed by atoms with E-state index < -0.39 is 0 Å². The molecule has 1 aliphatic heterocycles. The molecular weight excluding hydrogens is 166 g/mol. The van der Waals surface area contributed by atoms with Gasteiger partial charge in [-0.25, -0.2) is 0 Å². The first-order valence-electron chi connectivity index (χ1n) is 4.77. The molecule has 1 aliphatic rings. The largest absolute Gasteiger partial charge is 0.384 e. The summed E-state index contributed by atoms with van der Waals surface area (Å²) in [5.41, 5.74) is -0.0744. The zero-order chi connectivity index (χ0) is 10.1. The Hall–Kier alpha value is -0.570. The minimum Gasteiger partial charge on any atom is -0.384 e. The lowest BCUT2D eigenvalue weighted by Gasteiger charge is -2.30. The predicted octanol–water partition coefficient (Wildman–Crippen LogP) is 1.18. The van der Waals surface area contributed by atoms with Crippen LogP contribution in [-0.2, 0) is 9.53 Å². The molecule has 1 N–H and O–H groups in total. The third kappa shape index (κ3) is 2.21. The molecule has 0 aromatic carbocycles. The molecule has 0 bridgehead atoms.